The van der Waals surface area contributed by atoms with Crippen LogP contribution in [0.2, 0.25) is 0 Å². The summed E-state index contributed by atoms with van der Waals surface area (Å²) in [4.78, 5) is 3.78. The highest BCUT2D eigenvalue weighted by molar-refractivity contribution is 9.10. The molecule has 4 heteroatoms. The van der Waals surface area contributed by atoms with Crippen molar-refractivity contribution in [2.75, 3.05) is 19.0 Å². The van der Waals surface area contributed by atoms with Crippen molar-refractivity contribution in [3.8, 4) is 0 Å². The van der Waals surface area contributed by atoms with Gasteiger partial charge < -0.3 is 10.2 Å². The van der Waals surface area contributed by atoms with E-state index in [0.717, 1.165) is 10.9 Å². The highest BCUT2D eigenvalue weighted by atomic mass is 79.9. The number of hydrogen-bond donors (Lipinski definition) is 1. The molecular weight excluding hydrogens is 344 g/mol. The van der Waals surface area contributed by atoms with Crippen molar-refractivity contribution >= 4 is 33.0 Å². The molecule has 2 unspecified atom stereocenters. The summed E-state index contributed by atoms with van der Waals surface area (Å²) in [5.74, 6) is 0. The standard InChI is InChI=1S/C17H23BrN2S/c1-12(10-15-6-5-9-21-15)20(4)17-8-7-14(11-16(17)18)13(2)19-3/h5-9,11-13,19H,10H2,1-4H3. The van der Waals surface area contributed by atoms with Gasteiger partial charge in [0.2, 0.25) is 0 Å². The van der Waals surface area contributed by atoms with Gasteiger partial charge in [-0.3, -0.25) is 0 Å². The van der Waals surface area contributed by atoms with Crippen molar-refractivity contribution in [2.45, 2.75) is 32.4 Å². The average Bonchev–Trinajstić information content (AvgIpc) is 2.98. The van der Waals surface area contributed by atoms with Crippen LogP contribution in [0.5, 0.6) is 0 Å². The van der Waals surface area contributed by atoms with E-state index in [0.29, 0.717) is 12.1 Å². The monoisotopic (exact) mass is 366 g/mol. The first-order valence-corrected chi connectivity index (χ1v) is 8.92. The Labute approximate surface area is 140 Å². The predicted molar refractivity (Wildman–Crippen MR) is 97.5 cm³/mol. The molecular formula is C17H23BrN2S. The Balaban J connectivity index is 2.13. The minimum absolute atomic E-state index is 0.365. The van der Waals surface area contributed by atoms with Crippen molar-refractivity contribution in [3.63, 3.8) is 0 Å². The molecule has 21 heavy (non-hydrogen) atoms. The van der Waals surface area contributed by atoms with Crippen LogP contribution in [-0.2, 0) is 6.42 Å². The SMILES string of the molecule is CNC(C)c1ccc(N(C)C(C)Cc2cccs2)c(Br)c1. The second kappa shape index (κ2) is 7.43. The van der Waals surface area contributed by atoms with Crippen LogP contribution in [0.25, 0.3) is 0 Å². The van der Waals surface area contributed by atoms with Gasteiger partial charge >= 0.3 is 0 Å². The molecule has 1 aromatic carbocycles. The normalized spacial score (nSPS) is 14.0. The molecule has 1 N–H and O–H groups in total. The van der Waals surface area contributed by atoms with Crippen molar-refractivity contribution < 1.29 is 0 Å². The van der Waals surface area contributed by atoms with Crippen molar-refractivity contribution in [1.82, 2.24) is 5.32 Å². The van der Waals surface area contributed by atoms with Crippen LogP contribution >= 0.6 is 27.3 Å². The molecule has 0 amide bonds. The summed E-state index contributed by atoms with van der Waals surface area (Å²) >= 11 is 5.56. The van der Waals surface area contributed by atoms with Gasteiger partial charge in [0.05, 0.1) is 5.69 Å². The van der Waals surface area contributed by atoms with Crippen LogP contribution in [0.4, 0.5) is 5.69 Å². The van der Waals surface area contributed by atoms with E-state index in [-0.39, 0.29) is 0 Å². The minimum atomic E-state index is 0.365. The van der Waals surface area contributed by atoms with Gasteiger partial charge in [0.25, 0.3) is 0 Å². The smallest absolute Gasteiger partial charge is 0.0510 e. The summed E-state index contributed by atoms with van der Waals surface area (Å²) in [6, 6.07) is 11.8. The van der Waals surface area contributed by atoms with E-state index in [1.807, 2.05) is 18.4 Å². The van der Waals surface area contributed by atoms with E-state index >= 15 is 0 Å². The van der Waals surface area contributed by atoms with Crippen molar-refractivity contribution in [3.05, 3.63) is 50.6 Å². The van der Waals surface area contributed by atoms with Crippen LogP contribution in [0.1, 0.15) is 30.3 Å². The van der Waals surface area contributed by atoms with Gasteiger partial charge in [-0.25, -0.2) is 0 Å². The zero-order valence-electron chi connectivity index (χ0n) is 13.1. The van der Waals surface area contributed by atoms with Gasteiger partial charge in [-0.15, -0.1) is 11.3 Å². The number of halogens is 1. The third-order valence-corrected chi connectivity index (χ3v) is 5.56. The maximum Gasteiger partial charge on any atom is 0.0510 e. The van der Waals surface area contributed by atoms with E-state index in [1.165, 1.54) is 16.1 Å². The largest absolute Gasteiger partial charge is 0.371 e. The number of likely N-dealkylation sites (N-methyl/N-ethyl adjacent to an activating group) is 1. The van der Waals surface area contributed by atoms with Crippen LogP contribution < -0.4 is 10.2 Å². The molecule has 0 saturated carbocycles. The van der Waals surface area contributed by atoms with Crippen LogP contribution in [-0.4, -0.2) is 20.1 Å². The lowest BCUT2D eigenvalue weighted by Crippen LogP contribution is -2.30. The summed E-state index contributed by atoms with van der Waals surface area (Å²) in [7, 11) is 4.15. The molecule has 0 aliphatic rings. The number of nitrogens with zero attached hydrogens (tertiary/aromatic N) is 1. The Morgan fingerprint density at radius 2 is 2.05 bits per heavy atom. The second-order valence-electron chi connectivity index (χ2n) is 5.46. The number of hydrogen-bond acceptors (Lipinski definition) is 3. The molecule has 0 saturated heterocycles. The summed E-state index contributed by atoms with van der Waals surface area (Å²) in [6.45, 7) is 4.45. The summed E-state index contributed by atoms with van der Waals surface area (Å²) in [5.41, 5.74) is 2.54. The molecule has 0 aliphatic carbocycles. The van der Waals surface area contributed by atoms with E-state index in [1.54, 1.807) is 0 Å². The first-order chi connectivity index (χ1) is 10.0. The number of benzene rings is 1. The van der Waals surface area contributed by atoms with Gasteiger partial charge in [0.15, 0.2) is 0 Å². The van der Waals surface area contributed by atoms with E-state index in [4.69, 9.17) is 0 Å². The zero-order chi connectivity index (χ0) is 15.4. The number of nitrogens with one attached hydrogen (secondary N) is 1. The molecule has 0 radical (unpaired) electrons. The Morgan fingerprint density at radius 1 is 1.29 bits per heavy atom. The Kier molecular flexibility index (Phi) is 5.85. The predicted octanol–water partition coefficient (Wildman–Crippen LogP) is 4.86. The Hall–Kier alpha value is -0.840. The fourth-order valence-electron chi connectivity index (χ4n) is 2.34. The molecule has 1 aromatic heterocycles. The van der Waals surface area contributed by atoms with Crippen molar-refractivity contribution in [2.24, 2.45) is 0 Å². The molecule has 2 nitrogen and oxygen atoms in total. The van der Waals surface area contributed by atoms with Gasteiger partial charge in [0, 0.05) is 34.9 Å². The topological polar surface area (TPSA) is 15.3 Å². The van der Waals surface area contributed by atoms with Gasteiger partial charge in [-0.1, -0.05) is 12.1 Å². The molecule has 0 aliphatic heterocycles. The minimum Gasteiger partial charge on any atom is -0.371 e. The third kappa shape index (κ3) is 4.09. The second-order valence-corrected chi connectivity index (χ2v) is 7.35. The molecule has 114 valence electrons. The Bertz CT molecular complexity index is 568. The first-order valence-electron chi connectivity index (χ1n) is 7.25. The zero-order valence-corrected chi connectivity index (χ0v) is 15.5. The summed E-state index contributed by atoms with van der Waals surface area (Å²) in [5, 5.41) is 5.42. The molecule has 2 aromatic rings. The van der Waals surface area contributed by atoms with Gasteiger partial charge in [0.1, 0.15) is 0 Å². The maximum atomic E-state index is 3.72. The highest BCUT2D eigenvalue weighted by Crippen LogP contribution is 2.30. The molecule has 1 heterocycles. The van der Waals surface area contributed by atoms with Crippen LogP contribution in [0.15, 0.2) is 40.2 Å². The fraction of sp³-hybridized carbons (Fsp3) is 0.412. The van der Waals surface area contributed by atoms with Crippen molar-refractivity contribution in [1.29, 1.82) is 0 Å². The Morgan fingerprint density at radius 3 is 2.62 bits per heavy atom. The molecule has 2 atom stereocenters. The lowest BCUT2D eigenvalue weighted by molar-refractivity contribution is 0.650. The molecule has 0 bridgehead atoms. The molecule has 0 spiro atoms. The van der Waals surface area contributed by atoms with E-state index < -0.39 is 0 Å². The lowest BCUT2D eigenvalue weighted by Gasteiger charge is -2.28. The first kappa shape index (κ1) is 16.5. The van der Waals surface area contributed by atoms with Gasteiger partial charge in [-0.05, 0) is 66.0 Å². The fourth-order valence-corrected chi connectivity index (χ4v) is 3.84. The van der Waals surface area contributed by atoms with E-state index in [9.17, 15) is 0 Å². The summed E-state index contributed by atoms with van der Waals surface area (Å²) < 4.78 is 1.16. The van der Waals surface area contributed by atoms with Crippen LogP contribution in [0.3, 0.4) is 0 Å². The quantitative estimate of drug-likeness (QED) is 0.785. The molecule has 0 fully saturated rings. The number of anilines is 1. The van der Waals surface area contributed by atoms with Gasteiger partial charge in [-0.2, -0.15) is 0 Å². The number of thiophene rings is 1. The summed E-state index contributed by atoms with van der Waals surface area (Å²) in [6.07, 6.45) is 1.08. The molecule has 2 rings (SSSR count). The number of rotatable bonds is 6. The van der Waals surface area contributed by atoms with Crippen LogP contribution in [0, 0.1) is 0 Å². The highest BCUT2D eigenvalue weighted by Gasteiger charge is 2.15. The average molecular weight is 367 g/mol. The third-order valence-electron chi connectivity index (χ3n) is 4.02. The maximum absolute atomic E-state index is 3.72. The lowest BCUT2D eigenvalue weighted by atomic mass is 10.1. The van der Waals surface area contributed by atoms with E-state index in [2.05, 4.69) is 82.8 Å².